The summed E-state index contributed by atoms with van der Waals surface area (Å²) in [5.74, 6) is 0.248. The Hall–Kier alpha value is -1.79. The van der Waals surface area contributed by atoms with Gasteiger partial charge < -0.3 is 4.74 Å². The van der Waals surface area contributed by atoms with Crippen LogP contribution in [-0.2, 0) is 9.59 Å². The van der Waals surface area contributed by atoms with Crippen LogP contribution in [0.2, 0.25) is 5.02 Å². The van der Waals surface area contributed by atoms with Gasteiger partial charge in [-0.3, -0.25) is 19.7 Å². The molecule has 2 amide bonds. The highest BCUT2D eigenvalue weighted by Crippen LogP contribution is 2.33. The number of imide groups is 1. The number of hydrogen-bond donors (Lipinski definition) is 1. The zero-order valence-corrected chi connectivity index (χ0v) is 16.5. The largest absolute Gasteiger partial charge is 0.425 e. The molecule has 0 radical (unpaired) electrons. The van der Waals surface area contributed by atoms with Crippen LogP contribution in [0.3, 0.4) is 0 Å². The van der Waals surface area contributed by atoms with Crippen molar-refractivity contribution in [3.8, 4) is 5.75 Å². The molecule has 0 aromatic heterocycles. The van der Waals surface area contributed by atoms with Gasteiger partial charge in [-0.05, 0) is 48.2 Å². The zero-order chi connectivity index (χ0) is 19.2. The van der Waals surface area contributed by atoms with E-state index in [2.05, 4.69) is 5.32 Å². The van der Waals surface area contributed by atoms with Crippen LogP contribution >= 0.6 is 23.4 Å². The van der Waals surface area contributed by atoms with Gasteiger partial charge in [0.2, 0.25) is 0 Å². The maximum atomic E-state index is 12.1. The number of ether oxygens (including phenoxy) is 1. The number of amides is 2. The van der Waals surface area contributed by atoms with E-state index in [1.54, 1.807) is 18.2 Å². The third-order valence-corrected chi connectivity index (χ3v) is 6.08. The van der Waals surface area contributed by atoms with Crippen LogP contribution in [0.5, 0.6) is 5.75 Å². The number of esters is 1. The van der Waals surface area contributed by atoms with Crippen LogP contribution in [0, 0.1) is 5.92 Å². The Labute approximate surface area is 167 Å². The van der Waals surface area contributed by atoms with E-state index in [1.165, 1.54) is 38.2 Å². The van der Waals surface area contributed by atoms with Crippen molar-refractivity contribution in [1.82, 2.24) is 5.32 Å². The molecular weight excluding hydrogens is 386 g/mol. The molecule has 1 aromatic rings. The summed E-state index contributed by atoms with van der Waals surface area (Å²) in [4.78, 5) is 35.3. The molecule has 0 unspecified atom stereocenters. The van der Waals surface area contributed by atoms with Crippen molar-refractivity contribution in [1.29, 1.82) is 0 Å². The van der Waals surface area contributed by atoms with Crippen molar-refractivity contribution in [2.24, 2.45) is 5.92 Å². The molecule has 0 atom stereocenters. The molecule has 5 nitrogen and oxygen atoms in total. The fraction of sp³-hybridized carbons (Fsp3) is 0.450. The molecule has 1 aliphatic heterocycles. The standard InChI is InChI=1S/C20H22ClNO4S/c21-18-14(12-16-19(24)22-20(25)27-16)9-5-10-15(18)26-17(23)11-4-8-13-6-2-1-3-7-13/h5,9-10,12-13H,1-4,6-8,11H2,(H,22,24,25)/b16-12-. The van der Waals surface area contributed by atoms with Crippen LogP contribution < -0.4 is 10.1 Å². The summed E-state index contributed by atoms with van der Waals surface area (Å²) in [5.41, 5.74) is 0.525. The lowest BCUT2D eigenvalue weighted by Gasteiger charge is -2.21. The monoisotopic (exact) mass is 407 g/mol. The molecule has 2 aliphatic rings. The quantitative estimate of drug-likeness (QED) is 0.392. The molecule has 1 heterocycles. The predicted molar refractivity (Wildman–Crippen MR) is 107 cm³/mol. The first kappa shape index (κ1) is 20.0. The predicted octanol–water partition coefficient (Wildman–Crippen LogP) is 5.32. The molecule has 1 aromatic carbocycles. The molecule has 1 saturated carbocycles. The SMILES string of the molecule is O=C(CCCC1CCCCC1)Oc1cccc(/C=C2\SC(=O)NC2=O)c1Cl. The van der Waals surface area contributed by atoms with E-state index in [1.807, 2.05) is 0 Å². The van der Waals surface area contributed by atoms with E-state index in [4.69, 9.17) is 16.3 Å². The molecule has 144 valence electrons. The molecule has 2 fully saturated rings. The number of carbonyl (C=O) groups is 3. The zero-order valence-electron chi connectivity index (χ0n) is 15.0. The van der Waals surface area contributed by atoms with Gasteiger partial charge in [0.25, 0.3) is 11.1 Å². The second kappa shape index (κ2) is 9.42. The summed E-state index contributed by atoms with van der Waals surface area (Å²) < 4.78 is 5.41. The minimum absolute atomic E-state index is 0.248. The Bertz CT molecular complexity index is 771. The van der Waals surface area contributed by atoms with Gasteiger partial charge in [-0.2, -0.15) is 0 Å². The normalized spacial score (nSPS) is 19.4. The smallest absolute Gasteiger partial charge is 0.311 e. The topological polar surface area (TPSA) is 72.5 Å². The molecule has 7 heteroatoms. The fourth-order valence-corrected chi connectivity index (χ4v) is 4.36. The first-order valence-corrected chi connectivity index (χ1v) is 10.5. The Morgan fingerprint density at radius 1 is 1.26 bits per heavy atom. The van der Waals surface area contributed by atoms with Crippen molar-refractivity contribution in [3.63, 3.8) is 0 Å². The average Bonchev–Trinajstić information content (AvgIpc) is 2.96. The number of benzene rings is 1. The summed E-state index contributed by atoms with van der Waals surface area (Å²) in [5, 5.41) is 2.03. The molecule has 0 bridgehead atoms. The molecule has 3 rings (SSSR count). The molecule has 0 spiro atoms. The Morgan fingerprint density at radius 3 is 2.74 bits per heavy atom. The highest BCUT2D eigenvalue weighted by Gasteiger charge is 2.25. The highest BCUT2D eigenvalue weighted by atomic mass is 35.5. The lowest BCUT2D eigenvalue weighted by atomic mass is 9.86. The van der Waals surface area contributed by atoms with Crippen molar-refractivity contribution in [2.75, 3.05) is 0 Å². The van der Waals surface area contributed by atoms with Crippen molar-refractivity contribution in [2.45, 2.75) is 51.4 Å². The second-order valence-corrected chi connectivity index (χ2v) is 8.27. The third-order valence-electron chi connectivity index (χ3n) is 4.86. The van der Waals surface area contributed by atoms with E-state index in [0.29, 0.717) is 12.0 Å². The average molecular weight is 408 g/mol. The van der Waals surface area contributed by atoms with Gasteiger partial charge in [-0.1, -0.05) is 55.8 Å². The lowest BCUT2D eigenvalue weighted by molar-refractivity contribution is -0.134. The number of halogens is 1. The maximum Gasteiger partial charge on any atom is 0.311 e. The van der Waals surface area contributed by atoms with E-state index in [-0.39, 0.29) is 21.6 Å². The number of thioether (sulfide) groups is 1. The molecule has 27 heavy (non-hydrogen) atoms. The van der Waals surface area contributed by atoms with E-state index in [0.717, 1.165) is 30.5 Å². The van der Waals surface area contributed by atoms with Crippen molar-refractivity contribution < 1.29 is 19.1 Å². The van der Waals surface area contributed by atoms with Gasteiger partial charge >= 0.3 is 5.97 Å². The summed E-state index contributed by atoms with van der Waals surface area (Å²) in [6.45, 7) is 0. The summed E-state index contributed by atoms with van der Waals surface area (Å²) in [6.07, 6.45) is 10.2. The van der Waals surface area contributed by atoms with Crippen LogP contribution in [0.25, 0.3) is 6.08 Å². The molecular formula is C20H22ClNO4S. The van der Waals surface area contributed by atoms with Gasteiger partial charge in [0.1, 0.15) is 5.75 Å². The van der Waals surface area contributed by atoms with E-state index >= 15 is 0 Å². The first-order chi connectivity index (χ1) is 13.0. The Morgan fingerprint density at radius 2 is 2.04 bits per heavy atom. The van der Waals surface area contributed by atoms with Crippen LogP contribution in [-0.4, -0.2) is 17.1 Å². The van der Waals surface area contributed by atoms with Gasteiger partial charge in [0.05, 0.1) is 9.93 Å². The Balaban J connectivity index is 1.57. The third kappa shape index (κ3) is 5.59. The van der Waals surface area contributed by atoms with Crippen molar-refractivity contribution >= 4 is 46.6 Å². The first-order valence-electron chi connectivity index (χ1n) is 9.27. The number of nitrogens with one attached hydrogen (secondary N) is 1. The van der Waals surface area contributed by atoms with Gasteiger partial charge in [-0.15, -0.1) is 0 Å². The van der Waals surface area contributed by atoms with Crippen molar-refractivity contribution in [3.05, 3.63) is 33.7 Å². The fourth-order valence-electron chi connectivity index (χ4n) is 3.46. The summed E-state index contributed by atoms with van der Waals surface area (Å²) in [7, 11) is 0. The maximum absolute atomic E-state index is 12.1. The number of hydrogen-bond acceptors (Lipinski definition) is 5. The highest BCUT2D eigenvalue weighted by molar-refractivity contribution is 8.18. The summed E-state index contributed by atoms with van der Waals surface area (Å²) in [6, 6.07) is 5.02. The Kier molecular flexibility index (Phi) is 6.96. The molecule has 1 saturated heterocycles. The summed E-state index contributed by atoms with van der Waals surface area (Å²) >= 11 is 7.14. The number of carbonyl (C=O) groups excluding carboxylic acids is 3. The lowest BCUT2D eigenvalue weighted by Crippen LogP contribution is -2.17. The molecule has 1 aliphatic carbocycles. The van der Waals surface area contributed by atoms with Crippen LogP contribution in [0.15, 0.2) is 23.1 Å². The number of rotatable bonds is 6. The van der Waals surface area contributed by atoms with Gasteiger partial charge in [0.15, 0.2) is 0 Å². The molecule has 1 N–H and O–H groups in total. The minimum atomic E-state index is -0.453. The van der Waals surface area contributed by atoms with Gasteiger partial charge in [0, 0.05) is 6.42 Å². The minimum Gasteiger partial charge on any atom is -0.425 e. The van der Waals surface area contributed by atoms with Gasteiger partial charge in [-0.25, -0.2) is 0 Å². The van der Waals surface area contributed by atoms with E-state index < -0.39 is 11.1 Å². The van der Waals surface area contributed by atoms with Crippen LogP contribution in [0.1, 0.15) is 56.9 Å². The second-order valence-electron chi connectivity index (χ2n) is 6.88. The van der Waals surface area contributed by atoms with E-state index in [9.17, 15) is 14.4 Å². The van der Waals surface area contributed by atoms with Crippen LogP contribution in [0.4, 0.5) is 4.79 Å².